The zero-order valence-electron chi connectivity index (χ0n) is 12.3. The maximum Gasteiger partial charge on any atom is 0.0776 e. The molecule has 0 amide bonds. The van der Waals surface area contributed by atoms with Gasteiger partial charge in [-0.05, 0) is 43.2 Å². The van der Waals surface area contributed by atoms with Crippen LogP contribution in [0.4, 0.5) is 5.69 Å². The van der Waals surface area contributed by atoms with Crippen molar-refractivity contribution in [3.05, 3.63) is 63.6 Å². The van der Waals surface area contributed by atoms with Crippen LogP contribution in [-0.4, -0.2) is 12.2 Å². The van der Waals surface area contributed by atoms with Gasteiger partial charge < -0.3 is 10.0 Å². The Morgan fingerprint density at radius 3 is 2.19 bits per heavy atom. The lowest BCUT2D eigenvalue weighted by Gasteiger charge is -2.28. The number of anilines is 1. The van der Waals surface area contributed by atoms with Gasteiger partial charge in [0.05, 0.1) is 12.1 Å². The van der Waals surface area contributed by atoms with Gasteiger partial charge in [-0.3, -0.25) is 0 Å². The highest BCUT2D eigenvalue weighted by atomic mass is 35.5. The third-order valence-corrected chi connectivity index (χ3v) is 4.45. The second-order valence-electron chi connectivity index (χ2n) is 5.19. The Labute approximate surface area is 135 Å². The third-order valence-electron chi connectivity index (χ3n) is 3.78. The van der Waals surface area contributed by atoms with Gasteiger partial charge in [0.2, 0.25) is 0 Å². The van der Waals surface area contributed by atoms with Crippen LogP contribution < -0.4 is 4.90 Å². The van der Waals surface area contributed by atoms with E-state index in [0.29, 0.717) is 5.02 Å². The molecular formula is C17H19Cl2NO. The molecule has 1 N–H and O–H groups in total. The van der Waals surface area contributed by atoms with Crippen LogP contribution in [0, 0.1) is 0 Å². The van der Waals surface area contributed by atoms with Crippen molar-refractivity contribution in [1.29, 1.82) is 0 Å². The average Bonchev–Trinajstić information content (AvgIpc) is 2.45. The lowest BCUT2D eigenvalue weighted by atomic mass is 10.1. The minimum absolute atomic E-state index is 0.118. The molecule has 2 nitrogen and oxygen atoms in total. The normalized spacial score (nSPS) is 13.8. The molecule has 0 aromatic heterocycles. The van der Waals surface area contributed by atoms with Crippen LogP contribution in [-0.2, 0) is 0 Å². The second kappa shape index (κ2) is 6.69. The molecule has 0 aliphatic carbocycles. The molecule has 112 valence electrons. The molecule has 0 aliphatic rings. The number of aliphatic hydroxyl groups is 1. The van der Waals surface area contributed by atoms with Gasteiger partial charge in [-0.2, -0.15) is 0 Å². The van der Waals surface area contributed by atoms with Crippen molar-refractivity contribution in [1.82, 2.24) is 0 Å². The summed E-state index contributed by atoms with van der Waals surface area (Å²) in [5.74, 6) is 0. The number of hydrogen-bond acceptors (Lipinski definition) is 2. The third kappa shape index (κ3) is 3.52. The predicted molar refractivity (Wildman–Crippen MR) is 90.4 cm³/mol. The Morgan fingerprint density at radius 2 is 1.62 bits per heavy atom. The number of halogens is 2. The van der Waals surface area contributed by atoms with Gasteiger partial charge in [-0.25, -0.2) is 0 Å². The van der Waals surface area contributed by atoms with Crippen molar-refractivity contribution in [2.24, 2.45) is 0 Å². The minimum atomic E-state index is -0.571. The summed E-state index contributed by atoms with van der Waals surface area (Å²) in [6.07, 6.45) is -0.571. The summed E-state index contributed by atoms with van der Waals surface area (Å²) in [6.45, 7) is 3.80. The SMILES string of the molecule is CC(O)c1ccc(N(C)C(C)c2ccccc2Cl)cc1Cl. The van der Waals surface area contributed by atoms with Gasteiger partial charge in [0, 0.05) is 22.8 Å². The van der Waals surface area contributed by atoms with Crippen LogP contribution in [0.3, 0.4) is 0 Å². The Balaban J connectivity index is 2.30. The molecule has 2 aromatic carbocycles. The van der Waals surface area contributed by atoms with E-state index in [0.717, 1.165) is 21.8 Å². The van der Waals surface area contributed by atoms with E-state index in [1.807, 2.05) is 49.5 Å². The second-order valence-corrected chi connectivity index (χ2v) is 6.00. The molecule has 2 atom stereocenters. The number of benzene rings is 2. The van der Waals surface area contributed by atoms with Crippen molar-refractivity contribution in [3.63, 3.8) is 0 Å². The number of aliphatic hydroxyl groups excluding tert-OH is 1. The molecule has 2 rings (SSSR count). The Kier molecular flexibility index (Phi) is 5.15. The quantitative estimate of drug-likeness (QED) is 0.831. The van der Waals surface area contributed by atoms with Crippen molar-refractivity contribution in [2.75, 3.05) is 11.9 Å². The summed E-state index contributed by atoms with van der Waals surface area (Å²) in [5.41, 5.74) is 2.79. The van der Waals surface area contributed by atoms with Gasteiger partial charge in [0.25, 0.3) is 0 Å². The molecular weight excluding hydrogens is 305 g/mol. The summed E-state index contributed by atoms with van der Waals surface area (Å²) in [7, 11) is 2.00. The van der Waals surface area contributed by atoms with Gasteiger partial charge in [0.1, 0.15) is 0 Å². The van der Waals surface area contributed by atoms with Crippen LogP contribution in [0.2, 0.25) is 10.0 Å². The zero-order valence-corrected chi connectivity index (χ0v) is 13.9. The molecule has 0 fully saturated rings. The van der Waals surface area contributed by atoms with E-state index in [-0.39, 0.29) is 6.04 Å². The molecule has 0 spiro atoms. The molecule has 0 aliphatic heterocycles. The number of rotatable bonds is 4. The van der Waals surface area contributed by atoms with E-state index in [1.54, 1.807) is 6.92 Å². The molecule has 4 heteroatoms. The fraction of sp³-hybridized carbons (Fsp3) is 0.294. The van der Waals surface area contributed by atoms with E-state index in [2.05, 4.69) is 11.8 Å². The summed E-state index contributed by atoms with van der Waals surface area (Å²) in [6, 6.07) is 13.6. The van der Waals surface area contributed by atoms with Gasteiger partial charge >= 0.3 is 0 Å². The molecule has 0 bridgehead atoms. The largest absolute Gasteiger partial charge is 0.389 e. The van der Waals surface area contributed by atoms with Crippen molar-refractivity contribution < 1.29 is 5.11 Å². The summed E-state index contributed by atoms with van der Waals surface area (Å²) >= 11 is 12.5. The number of nitrogens with zero attached hydrogens (tertiary/aromatic N) is 1. The van der Waals surface area contributed by atoms with Crippen LogP contribution in [0.1, 0.15) is 37.1 Å². The lowest BCUT2D eigenvalue weighted by molar-refractivity contribution is 0.199. The first-order valence-electron chi connectivity index (χ1n) is 6.86. The first-order valence-corrected chi connectivity index (χ1v) is 7.62. The average molecular weight is 324 g/mol. The Morgan fingerprint density at radius 1 is 0.952 bits per heavy atom. The Hall–Kier alpha value is -1.22. The summed E-state index contributed by atoms with van der Waals surface area (Å²) in [5, 5.41) is 11.0. The molecule has 0 radical (unpaired) electrons. The smallest absolute Gasteiger partial charge is 0.0776 e. The van der Waals surface area contributed by atoms with Crippen molar-refractivity contribution in [3.8, 4) is 0 Å². The molecule has 0 saturated heterocycles. The molecule has 0 saturated carbocycles. The first kappa shape index (κ1) is 16.2. The van der Waals surface area contributed by atoms with Crippen LogP contribution in [0.5, 0.6) is 0 Å². The summed E-state index contributed by atoms with van der Waals surface area (Å²) in [4.78, 5) is 2.11. The predicted octanol–water partition coefficient (Wildman–Crippen LogP) is 5.24. The van der Waals surface area contributed by atoms with Crippen LogP contribution >= 0.6 is 23.2 Å². The molecule has 2 unspecified atom stereocenters. The van der Waals surface area contributed by atoms with Gasteiger partial charge in [-0.1, -0.05) is 47.5 Å². The van der Waals surface area contributed by atoms with Crippen molar-refractivity contribution >= 4 is 28.9 Å². The lowest BCUT2D eigenvalue weighted by Crippen LogP contribution is -2.22. The summed E-state index contributed by atoms with van der Waals surface area (Å²) < 4.78 is 0. The number of hydrogen-bond donors (Lipinski definition) is 1. The van der Waals surface area contributed by atoms with Crippen LogP contribution in [0.25, 0.3) is 0 Å². The maximum atomic E-state index is 9.64. The fourth-order valence-electron chi connectivity index (χ4n) is 2.32. The highest BCUT2D eigenvalue weighted by Crippen LogP contribution is 2.33. The highest BCUT2D eigenvalue weighted by Gasteiger charge is 2.16. The van der Waals surface area contributed by atoms with E-state index >= 15 is 0 Å². The van der Waals surface area contributed by atoms with E-state index in [1.165, 1.54) is 0 Å². The zero-order chi connectivity index (χ0) is 15.6. The first-order chi connectivity index (χ1) is 9.91. The highest BCUT2D eigenvalue weighted by molar-refractivity contribution is 6.32. The topological polar surface area (TPSA) is 23.5 Å². The van der Waals surface area contributed by atoms with E-state index in [4.69, 9.17) is 23.2 Å². The van der Waals surface area contributed by atoms with E-state index < -0.39 is 6.10 Å². The van der Waals surface area contributed by atoms with E-state index in [9.17, 15) is 5.11 Å². The standard InChI is InChI=1S/C17H19Cl2NO/c1-11(14-6-4-5-7-16(14)18)20(3)13-8-9-15(12(2)21)17(19)10-13/h4-12,21H,1-3H3. The molecule has 21 heavy (non-hydrogen) atoms. The monoisotopic (exact) mass is 323 g/mol. The van der Waals surface area contributed by atoms with Gasteiger partial charge in [-0.15, -0.1) is 0 Å². The molecule has 2 aromatic rings. The minimum Gasteiger partial charge on any atom is -0.389 e. The Bertz CT molecular complexity index is 628. The van der Waals surface area contributed by atoms with Gasteiger partial charge in [0.15, 0.2) is 0 Å². The molecule has 0 heterocycles. The van der Waals surface area contributed by atoms with Crippen molar-refractivity contribution in [2.45, 2.75) is 26.0 Å². The fourth-order valence-corrected chi connectivity index (χ4v) is 2.95. The van der Waals surface area contributed by atoms with Crippen LogP contribution in [0.15, 0.2) is 42.5 Å². The maximum absolute atomic E-state index is 9.64.